The van der Waals surface area contributed by atoms with E-state index in [1.807, 2.05) is 19.1 Å². The molecule has 33 heavy (non-hydrogen) atoms. The predicted molar refractivity (Wildman–Crippen MR) is 130 cm³/mol. The summed E-state index contributed by atoms with van der Waals surface area (Å²) >= 11 is 7.26. The summed E-state index contributed by atoms with van der Waals surface area (Å²) in [6.07, 6.45) is 1.52. The molecule has 0 saturated carbocycles. The number of benzene rings is 2. The average molecular weight is 509 g/mol. The minimum Gasteiger partial charge on any atom is -0.494 e. The van der Waals surface area contributed by atoms with E-state index < -0.39 is 9.84 Å². The highest BCUT2D eigenvalue weighted by atomic mass is 35.5. The molecule has 2 aromatic carbocycles. The third kappa shape index (κ3) is 5.32. The first-order valence-corrected chi connectivity index (χ1v) is 13.5. The lowest BCUT2D eigenvalue weighted by Crippen LogP contribution is -2.38. The maximum absolute atomic E-state index is 13.3. The van der Waals surface area contributed by atoms with Crippen LogP contribution in [0.1, 0.15) is 24.8 Å². The number of nitrogens with zero attached hydrogens (tertiary/aromatic N) is 2. The third-order valence-corrected chi connectivity index (χ3v) is 8.81. The zero-order valence-corrected chi connectivity index (χ0v) is 20.8. The summed E-state index contributed by atoms with van der Waals surface area (Å²) in [7, 11) is -2.05. The first-order valence-electron chi connectivity index (χ1n) is 10.6. The molecule has 0 radical (unpaired) electrons. The van der Waals surface area contributed by atoms with Crippen LogP contribution in [0.2, 0.25) is 5.02 Å². The fourth-order valence-corrected chi connectivity index (χ4v) is 6.21. The Balaban J connectivity index is 1.60. The van der Waals surface area contributed by atoms with Gasteiger partial charge in [-0.3, -0.25) is 9.69 Å². The Hall–Kier alpha value is -2.20. The summed E-state index contributed by atoms with van der Waals surface area (Å²) < 4.78 is 37.6. The van der Waals surface area contributed by atoms with Gasteiger partial charge in [0.2, 0.25) is 5.91 Å². The normalized spacial score (nSPS) is 16.3. The van der Waals surface area contributed by atoms with E-state index in [1.54, 1.807) is 12.0 Å². The summed E-state index contributed by atoms with van der Waals surface area (Å²) in [5, 5.41) is 0.969. The number of hydrogen-bond donors (Lipinski definition) is 0. The van der Waals surface area contributed by atoms with E-state index >= 15 is 0 Å². The van der Waals surface area contributed by atoms with E-state index in [2.05, 4.69) is 0 Å². The maximum Gasteiger partial charge on any atom is 0.229 e. The minimum atomic E-state index is -3.63. The molecule has 1 aliphatic heterocycles. The van der Waals surface area contributed by atoms with Gasteiger partial charge in [-0.05, 0) is 55.7 Å². The number of ether oxygens (including phenoxy) is 2. The highest BCUT2D eigenvalue weighted by Gasteiger charge is 2.28. The number of aromatic nitrogens is 1. The van der Waals surface area contributed by atoms with Crippen molar-refractivity contribution in [2.75, 3.05) is 30.9 Å². The molecule has 0 aliphatic carbocycles. The van der Waals surface area contributed by atoms with E-state index in [-0.39, 0.29) is 29.1 Å². The van der Waals surface area contributed by atoms with Crippen LogP contribution in [0.15, 0.2) is 41.3 Å². The molecule has 1 atom stereocenters. The van der Waals surface area contributed by atoms with Gasteiger partial charge in [0.05, 0.1) is 35.1 Å². The van der Waals surface area contributed by atoms with Crippen LogP contribution in [-0.2, 0) is 19.4 Å². The van der Waals surface area contributed by atoms with Crippen LogP contribution < -0.4 is 9.64 Å². The van der Waals surface area contributed by atoms with Crippen LogP contribution in [0.5, 0.6) is 5.75 Å². The lowest BCUT2D eigenvalue weighted by molar-refractivity contribution is -0.118. The number of hydrogen-bond acceptors (Lipinski definition) is 7. The standard InChI is InChI=1S/C23H25ClN2O5S2/c1-15-5-10-19(30-2)21-22(15)32-23(25-21)26(14-17-4-3-12-31-17)20(27)11-13-33(28,29)18-8-6-16(24)7-9-18/h5-10,17H,3-4,11-14H2,1-2H3. The molecule has 0 N–H and O–H groups in total. The second-order valence-electron chi connectivity index (χ2n) is 7.92. The molecule has 0 spiro atoms. The number of methoxy groups -OCH3 is 1. The summed E-state index contributed by atoms with van der Waals surface area (Å²) in [5.41, 5.74) is 1.72. The number of sulfone groups is 1. The molecular weight excluding hydrogens is 484 g/mol. The first kappa shape index (κ1) is 23.9. The molecule has 1 fully saturated rings. The van der Waals surface area contributed by atoms with Gasteiger partial charge < -0.3 is 9.47 Å². The predicted octanol–water partition coefficient (Wildman–Crippen LogP) is 4.64. The zero-order chi connectivity index (χ0) is 23.6. The second-order valence-corrected chi connectivity index (χ2v) is 11.4. The Morgan fingerprint density at radius 1 is 1.27 bits per heavy atom. The van der Waals surface area contributed by atoms with E-state index in [9.17, 15) is 13.2 Å². The number of fused-ring (bicyclic) bond motifs is 1. The van der Waals surface area contributed by atoms with Gasteiger partial charge in [0.25, 0.3) is 0 Å². The van der Waals surface area contributed by atoms with Gasteiger partial charge in [0, 0.05) is 18.1 Å². The molecule has 2 heterocycles. The zero-order valence-electron chi connectivity index (χ0n) is 18.4. The van der Waals surface area contributed by atoms with Gasteiger partial charge in [-0.15, -0.1) is 0 Å². The van der Waals surface area contributed by atoms with Crippen molar-refractivity contribution in [1.82, 2.24) is 4.98 Å². The highest BCUT2D eigenvalue weighted by Crippen LogP contribution is 2.37. The third-order valence-electron chi connectivity index (χ3n) is 5.61. The van der Waals surface area contributed by atoms with Crippen LogP contribution in [0.25, 0.3) is 10.2 Å². The Kier molecular flexibility index (Phi) is 7.23. The fourth-order valence-electron chi connectivity index (χ4n) is 3.77. The van der Waals surface area contributed by atoms with Gasteiger partial charge >= 0.3 is 0 Å². The van der Waals surface area contributed by atoms with Crippen LogP contribution in [0.4, 0.5) is 5.13 Å². The molecule has 4 rings (SSSR count). The molecule has 176 valence electrons. The number of amides is 1. The Bertz CT molecular complexity index is 1250. The monoisotopic (exact) mass is 508 g/mol. The smallest absolute Gasteiger partial charge is 0.229 e. The molecule has 1 unspecified atom stereocenters. The summed E-state index contributed by atoms with van der Waals surface area (Å²) in [6.45, 7) is 2.97. The summed E-state index contributed by atoms with van der Waals surface area (Å²) in [5.74, 6) is 0.0228. The van der Waals surface area contributed by atoms with Crippen molar-refractivity contribution in [2.24, 2.45) is 0 Å². The van der Waals surface area contributed by atoms with Crippen molar-refractivity contribution in [3.8, 4) is 5.75 Å². The summed E-state index contributed by atoms with van der Waals surface area (Å²) in [4.78, 5) is 19.7. The van der Waals surface area contributed by atoms with Crippen LogP contribution in [0.3, 0.4) is 0 Å². The lowest BCUT2D eigenvalue weighted by atomic mass is 10.2. The maximum atomic E-state index is 13.3. The fraction of sp³-hybridized carbons (Fsp3) is 0.391. The topological polar surface area (TPSA) is 85.8 Å². The van der Waals surface area contributed by atoms with Gasteiger partial charge in [-0.25, -0.2) is 13.4 Å². The Morgan fingerprint density at radius 2 is 2.03 bits per heavy atom. The number of thiazole rings is 1. The SMILES string of the molecule is COc1ccc(C)c2sc(N(CC3CCCO3)C(=O)CCS(=O)(=O)c3ccc(Cl)cc3)nc12. The highest BCUT2D eigenvalue weighted by molar-refractivity contribution is 7.91. The van der Waals surface area contributed by atoms with Crippen molar-refractivity contribution in [1.29, 1.82) is 0 Å². The minimum absolute atomic E-state index is 0.100. The van der Waals surface area contributed by atoms with Crippen molar-refractivity contribution >= 4 is 54.0 Å². The van der Waals surface area contributed by atoms with Crippen molar-refractivity contribution in [2.45, 2.75) is 37.2 Å². The van der Waals surface area contributed by atoms with E-state index in [0.717, 1.165) is 23.1 Å². The molecule has 1 aliphatic rings. The number of aryl methyl sites for hydroxylation is 1. The first-order chi connectivity index (χ1) is 15.8. The van der Waals surface area contributed by atoms with Gasteiger partial charge in [-0.1, -0.05) is 29.0 Å². The molecule has 0 bridgehead atoms. The average Bonchev–Trinajstić information content (AvgIpc) is 3.47. The van der Waals surface area contributed by atoms with E-state index in [1.165, 1.54) is 35.6 Å². The molecule has 1 saturated heterocycles. The van der Waals surface area contributed by atoms with Crippen molar-refractivity contribution < 1.29 is 22.7 Å². The largest absolute Gasteiger partial charge is 0.494 e. The Labute approximate surface area is 202 Å². The van der Waals surface area contributed by atoms with Crippen LogP contribution in [-0.4, -0.2) is 51.4 Å². The molecular formula is C23H25ClN2O5S2. The van der Waals surface area contributed by atoms with Crippen molar-refractivity contribution in [3.05, 3.63) is 47.0 Å². The molecule has 10 heteroatoms. The number of carbonyl (C=O) groups is 1. The second kappa shape index (κ2) is 9.97. The number of anilines is 1. The van der Waals surface area contributed by atoms with Crippen LogP contribution in [0, 0.1) is 6.92 Å². The van der Waals surface area contributed by atoms with Gasteiger partial charge in [0.15, 0.2) is 15.0 Å². The van der Waals surface area contributed by atoms with E-state index in [4.69, 9.17) is 26.1 Å². The molecule has 1 aromatic heterocycles. The molecule has 3 aromatic rings. The number of rotatable bonds is 8. The van der Waals surface area contributed by atoms with Crippen LogP contribution >= 0.6 is 22.9 Å². The lowest BCUT2D eigenvalue weighted by Gasteiger charge is -2.23. The van der Waals surface area contributed by atoms with Crippen molar-refractivity contribution in [3.63, 3.8) is 0 Å². The molecule has 7 nitrogen and oxygen atoms in total. The number of carbonyl (C=O) groups excluding carboxylic acids is 1. The van der Waals surface area contributed by atoms with Gasteiger partial charge in [-0.2, -0.15) is 0 Å². The number of halogens is 1. The molecule has 1 amide bonds. The quantitative estimate of drug-likeness (QED) is 0.440. The van der Waals surface area contributed by atoms with E-state index in [0.29, 0.717) is 34.6 Å². The summed E-state index contributed by atoms with van der Waals surface area (Å²) in [6, 6.07) is 9.76. The van der Waals surface area contributed by atoms with Gasteiger partial charge in [0.1, 0.15) is 11.3 Å². The Morgan fingerprint density at radius 3 is 2.70 bits per heavy atom.